The van der Waals surface area contributed by atoms with Crippen LogP contribution in [0.4, 0.5) is 0 Å². The summed E-state index contributed by atoms with van der Waals surface area (Å²) in [6, 6.07) is 4.84. The zero-order valence-electron chi connectivity index (χ0n) is 11.6. The van der Waals surface area contributed by atoms with Gasteiger partial charge in [0.05, 0.1) is 6.54 Å². The Kier molecular flexibility index (Phi) is 3.47. The highest BCUT2D eigenvalue weighted by molar-refractivity contribution is 5.07. The van der Waals surface area contributed by atoms with Gasteiger partial charge in [0.1, 0.15) is 11.5 Å². The monoisotopic (exact) mass is 247 g/mol. The Hall–Kier alpha value is -0.760. The largest absolute Gasteiger partial charge is 0.465 e. The van der Waals surface area contributed by atoms with Gasteiger partial charge >= 0.3 is 0 Å². The highest BCUT2D eigenvalue weighted by Crippen LogP contribution is 2.49. The highest BCUT2D eigenvalue weighted by Gasteiger charge is 2.41. The molecule has 2 bridgehead atoms. The number of fused-ring (bicyclic) bond motifs is 2. The zero-order valence-corrected chi connectivity index (χ0v) is 11.6. The van der Waals surface area contributed by atoms with Crippen LogP contribution in [0.2, 0.25) is 0 Å². The molecule has 3 rings (SSSR count). The second kappa shape index (κ2) is 5.08. The average Bonchev–Trinajstić information content (AvgIpc) is 3.11. The van der Waals surface area contributed by atoms with Crippen LogP contribution < -0.4 is 5.32 Å². The van der Waals surface area contributed by atoms with Gasteiger partial charge in [-0.1, -0.05) is 13.3 Å². The number of aryl methyl sites for hydroxylation is 1. The van der Waals surface area contributed by atoms with Crippen molar-refractivity contribution in [2.24, 2.45) is 17.8 Å². The summed E-state index contributed by atoms with van der Waals surface area (Å²) in [5.41, 5.74) is 0. The van der Waals surface area contributed by atoms with E-state index in [4.69, 9.17) is 4.42 Å². The molecule has 0 radical (unpaired) electrons. The standard InChI is InChI=1S/C16H25NO/c1-3-14-6-7-15(18-14)10-17-11(2)16-9-12-4-5-13(16)8-12/h6-7,11-13,16-17H,3-5,8-10H2,1-2H3. The van der Waals surface area contributed by atoms with Gasteiger partial charge in [0.2, 0.25) is 0 Å². The van der Waals surface area contributed by atoms with Crippen LogP contribution in [0.5, 0.6) is 0 Å². The number of hydrogen-bond donors (Lipinski definition) is 1. The quantitative estimate of drug-likeness (QED) is 0.857. The van der Waals surface area contributed by atoms with E-state index in [0.717, 1.165) is 42.2 Å². The van der Waals surface area contributed by atoms with Crippen molar-refractivity contribution in [1.29, 1.82) is 0 Å². The smallest absolute Gasteiger partial charge is 0.117 e. The third-order valence-electron chi connectivity index (χ3n) is 5.10. The van der Waals surface area contributed by atoms with E-state index in [9.17, 15) is 0 Å². The number of furan rings is 1. The van der Waals surface area contributed by atoms with E-state index < -0.39 is 0 Å². The normalized spacial score (nSPS) is 32.0. The van der Waals surface area contributed by atoms with Crippen LogP contribution in [0.15, 0.2) is 16.5 Å². The molecule has 0 aliphatic heterocycles. The zero-order chi connectivity index (χ0) is 12.5. The second-order valence-corrected chi connectivity index (χ2v) is 6.23. The van der Waals surface area contributed by atoms with Gasteiger partial charge in [-0.25, -0.2) is 0 Å². The molecule has 2 aliphatic carbocycles. The Labute approximate surface area is 110 Å². The Morgan fingerprint density at radius 1 is 1.28 bits per heavy atom. The van der Waals surface area contributed by atoms with E-state index in [1.807, 2.05) is 0 Å². The Morgan fingerprint density at radius 3 is 2.72 bits per heavy atom. The first-order valence-corrected chi connectivity index (χ1v) is 7.57. The maximum Gasteiger partial charge on any atom is 0.117 e. The lowest BCUT2D eigenvalue weighted by Gasteiger charge is -2.28. The van der Waals surface area contributed by atoms with Gasteiger partial charge in [0, 0.05) is 12.5 Å². The molecule has 1 aromatic rings. The first-order valence-electron chi connectivity index (χ1n) is 7.57. The Balaban J connectivity index is 1.50. The summed E-state index contributed by atoms with van der Waals surface area (Å²) in [7, 11) is 0. The molecule has 2 aliphatic rings. The maximum absolute atomic E-state index is 5.75. The van der Waals surface area contributed by atoms with Crippen molar-refractivity contribution in [2.45, 2.75) is 58.5 Å². The lowest BCUT2D eigenvalue weighted by atomic mass is 9.84. The van der Waals surface area contributed by atoms with E-state index in [0.29, 0.717) is 6.04 Å². The molecule has 2 fully saturated rings. The van der Waals surface area contributed by atoms with Crippen LogP contribution >= 0.6 is 0 Å². The third-order valence-corrected chi connectivity index (χ3v) is 5.10. The van der Waals surface area contributed by atoms with Gasteiger partial charge in [-0.15, -0.1) is 0 Å². The molecule has 4 atom stereocenters. The second-order valence-electron chi connectivity index (χ2n) is 6.23. The highest BCUT2D eigenvalue weighted by atomic mass is 16.3. The molecule has 1 heterocycles. The fraction of sp³-hybridized carbons (Fsp3) is 0.750. The number of rotatable bonds is 5. The van der Waals surface area contributed by atoms with E-state index in [-0.39, 0.29) is 0 Å². The fourth-order valence-corrected chi connectivity index (χ4v) is 4.03. The molecular weight excluding hydrogens is 222 g/mol. The van der Waals surface area contributed by atoms with Crippen molar-refractivity contribution in [3.63, 3.8) is 0 Å². The molecule has 0 saturated heterocycles. The molecule has 100 valence electrons. The summed E-state index contributed by atoms with van der Waals surface area (Å²) >= 11 is 0. The van der Waals surface area contributed by atoms with E-state index >= 15 is 0 Å². The van der Waals surface area contributed by atoms with Gasteiger partial charge in [-0.2, -0.15) is 0 Å². The molecule has 2 saturated carbocycles. The molecule has 18 heavy (non-hydrogen) atoms. The predicted molar refractivity (Wildman–Crippen MR) is 73.3 cm³/mol. The minimum atomic E-state index is 0.635. The summed E-state index contributed by atoms with van der Waals surface area (Å²) in [6.07, 6.45) is 6.91. The molecule has 2 heteroatoms. The summed E-state index contributed by atoms with van der Waals surface area (Å²) in [5, 5.41) is 3.67. The maximum atomic E-state index is 5.75. The minimum absolute atomic E-state index is 0.635. The van der Waals surface area contributed by atoms with E-state index in [1.165, 1.54) is 25.7 Å². The van der Waals surface area contributed by atoms with Crippen LogP contribution in [0.25, 0.3) is 0 Å². The SMILES string of the molecule is CCc1ccc(CNC(C)C2CC3CCC2C3)o1. The van der Waals surface area contributed by atoms with Gasteiger partial charge in [0.15, 0.2) is 0 Å². The van der Waals surface area contributed by atoms with Crippen molar-refractivity contribution in [2.75, 3.05) is 0 Å². The molecular formula is C16H25NO. The van der Waals surface area contributed by atoms with Gasteiger partial charge < -0.3 is 9.73 Å². The molecule has 1 N–H and O–H groups in total. The van der Waals surface area contributed by atoms with Crippen molar-refractivity contribution in [1.82, 2.24) is 5.32 Å². The fourth-order valence-electron chi connectivity index (χ4n) is 4.03. The van der Waals surface area contributed by atoms with Gasteiger partial charge in [-0.3, -0.25) is 0 Å². The molecule has 2 nitrogen and oxygen atoms in total. The molecule has 0 spiro atoms. The Morgan fingerprint density at radius 2 is 2.11 bits per heavy atom. The average molecular weight is 247 g/mol. The van der Waals surface area contributed by atoms with Crippen LogP contribution in [0.3, 0.4) is 0 Å². The van der Waals surface area contributed by atoms with Crippen LogP contribution in [0, 0.1) is 17.8 Å². The minimum Gasteiger partial charge on any atom is -0.465 e. The first-order chi connectivity index (χ1) is 8.76. The van der Waals surface area contributed by atoms with Crippen LogP contribution in [0.1, 0.15) is 51.1 Å². The summed E-state index contributed by atoms with van der Waals surface area (Å²) < 4.78 is 5.75. The van der Waals surface area contributed by atoms with Crippen molar-refractivity contribution in [3.8, 4) is 0 Å². The predicted octanol–water partition coefficient (Wildman–Crippen LogP) is 3.76. The van der Waals surface area contributed by atoms with Crippen molar-refractivity contribution in [3.05, 3.63) is 23.7 Å². The van der Waals surface area contributed by atoms with Gasteiger partial charge in [-0.05, 0) is 56.1 Å². The number of nitrogens with one attached hydrogen (secondary N) is 1. The number of hydrogen-bond acceptors (Lipinski definition) is 2. The molecule has 1 aromatic heterocycles. The third kappa shape index (κ3) is 2.35. The van der Waals surface area contributed by atoms with Crippen molar-refractivity contribution >= 4 is 0 Å². The lowest BCUT2D eigenvalue weighted by Crippen LogP contribution is -2.35. The van der Waals surface area contributed by atoms with E-state index in [2.05, 4.69) is 31.3 Å². The molecule has 4 unspecified atom stereocenters. The topological polar surface area (TPSA) is 25.2 Å². The Bertz CT molecular complexity index is 398. The first kappa shape index (κ1) is 12.3. The lowest BCUT2D eigenvalue weighted by molar-refractivity contribution is 0.255. The summed E-state index contributed by atoms with van der Waals surface area (Å²) in [5.74, 6) is 5.13. The molecule has 0 amide bonds. The van der Waals surface area contributed by atoms with Gasteiger partial charge in [0.25, 0.3) is 0 Å². The van der Waals surface area contributed by atoms with Crippen LogP contribution in [-0.2, 0) is 13.0 Å². The van der Waals surface area contributed by atoms with Crippen molar-refractivity contribution < 1.29 is 4.42 Å². The van der Waals surface area contributed by atoms with Crippen LogP contribution in [-0.4, -0.2) is 6.04 Å². The molecule has 0 aromatic carbocycles. The summed E-state index contributed by atoms with van der Waals surface area (Å²) in [6.45, 7) is 5.37. The van der Waals surface area contributed by atoms with E-state index in [1.54, 1.807) is 0 Å². The summed E-state index contributed by atoms with van der Waals surface area (Å²) in [4.78, 5) is 0.